The van der Waals surface area contributed by atoms with Gasteiger partial charge >= 0.3 is 5.97 Å². The van der Waals surface area contributed by atoms with Gasteiger partial charge in [-0.15, -0.1) is 0 Å². The van der Waals surface area contributed by atoms with E-state index in [-0.39, 0.29) is 17.5 Å². The number of hydrogen-bond donors (Lipinski definition) is 1. The highest BCUT2D eigenvalue weighted by Crippen LogP contribution is 2.35. The summed E-state index contributed by atoms with van der Waals surface area (Å²) in [4.78, 5) is 12.2. The molecule has 1 fully saturated rings. The number of carbonyl (C=O) groups is 1. The standard InChI is InChI=1S/C16H31NO2/c1-10(2)12-8-7-11(3)9-13(12)19-15(18)14(17)16(4,5)6/h10-14H,7-9,17H2,1-6H3/t11?,12?,13?,14-/m0/s1. The topological polar surface area (TPSA) is 52.3 Å². The maximum Gasteiger partial charge on any atom is 0.323 e. The molecule has 0 aromatic rings. The van der Waals surface area contributed by atoms with Crippen molar-refractivity contribution < 1.29 is 9.53 Å². The van der Waals surface area contributed by atoms with E-state index >= 15 is 0 Å². The summed E-state index contributed by atoms with van der Waals surface area (Å²) in [6.07, 6.45) is 3.42. The van der Waals surface area contributed by atoms with E-state index in [0.717, 1.165) is 12.8 Å². The number of ether oxygens (including phenoxy) is 1. The van der Waals surface area contributed by atoms with Crippen LogP contribution in [-0.2, 0) is 9.53 Å². The molecule has 0 aromatic carbocycles. The highest BCUT2D eigenvalue weighted by molar-refractivity contribution is 5.76. The largest absolute Gasteiger partial charge is 0.461 e. The summed E-state index contributed by atoms with van der Waals surface area (Å²) in [6.45, 7) is 12.6. The fraction of sp³-hybridized carbons (Fsp3) is 0.938. The van der Waals surface area contributed by atoms with E-state index in [1.165, 1.54) is 6.42 Å². The van der Waals surface area contributed by atoms with Gasteiger partial charge < -0.3 is 10.5 Å². The van der Waals surface area contributed by atoms with Gasteiger partial charge in [-0.1, -0.05) is 48.0 Å². The summed E-state index contributed by atoms with van der Waals surface area (Å²) in [7, 11) is 0. The van der Waals surface area contributed by atoms with Gasteiger partial charge in [0.2, 0.25) is 0 Å². The number of nitrogens with two attached hydrogens (primary N) is 1. The van der Waals surface area contributed by atoms with Gasteiger partial charge in [-0.05, 0) is 36.0 Å². The molecule has 0 bridgehead atoms. The summed E-state index contributed by atoms with van der Waals surface area (Å²) in [6, 6.07) is -0.544. The first-order valence-corrected chi connectivity index (χ1v) is 7.59. The third kappa shape index (κ3) is 4.48. The Morgan fingerprint density at radius 2 is 1.84 bits per heavy atom. The first-order chi connectivity index (χ1) is 8.62. The second-order valence-electron chi connectivity index (χ2n) is 7.65. The van der Waals surface area contributed by atoms with Crippen LogP contribution in [0.4, 0.5) is 0 Å². The van der Waals surface area contributed by atoms with Gasteiger partial charge in [0.05, 0.1) is 0 Å². The van der Waals surface area contributed by atoms with Crippen LogP contribution in [0.2, 0.25) is 0 Å². The van der Waals surface area contributed by atoms with E-state index in [2.05, 4.69) is 20.8 Å². The Labute approximate surface area is 118 Å². The lowest BCUT2D eigenvalue weighted by atomic mass is 9.75. The van der Waals surface area contributed by atoms with E-state index in [1.54, 1.807) is 0 Å². The molecule has 3 heteroatoms. The van der Waals surface area contributed by atoms with Crippen molar-refractivity contribution in [1.82, 2.24) is 0 Å². The molecule has 1 aliphatic rings. The second kappa shape index (κ2) is 6.25. The zero-order chi connectivity index (χ0) is 14.8. The van der Waals surface area contributed by atoms with Crippen LogP contribution in [0.25, 0.3) is 0 Å². The van der Waals surface area contributed by atoms with Crippen LogP contribution in [0.15, 0.2) is 0 Å². The number of esters is 1. The molecule has 0 aliphatic heterocycles. The summed E-state index contributed by atoms with van der Waals surface area (Å²) in [5, 5.41) is 0. The predicted octanol–water partition coefficient (Wildman–Crippen LogP) is 3.36. The molecular formula is C16H31NO2. The molecule has 2 N–H and O–H groups in total. The van der Waals surface area contributed by atoms with Crippen molar-refractivity contribution in [3.05, 3.63) is 0 Å². The molecule has 1 saturated carbocycles. The molecular weight excluding hydrogens is 238 g/mol. The molecule has 0 spiro atoms. The third-order valence-electron chi connectivity index (χ3n) is 4.42. The van der Waals surface area contributed by atoms with Crippen molar-refractivity contribution in [3.63, 3.8) is 0 Å². The summed E-state index contributed by atoms with van der Waals surface area (Å²) < 4.78 is 5.76. The lowest BCUT2D eigenvalue weighted by Crippen LogP contribution is -2.46. The Morgan fingerprint density at radius 1 is 1.26 bits per heavy atom. The molecule has 1 aliphatic carbocycles. The van der Waals surface area contributed by atoms with Gasteiger partial charge in [0.25, 0.3) is 0 Å². The zero-order valence-corrected chi connectivity index (χ0v) is 13.4. The van der Waals surface area contributed by atoms with Crippen LogP contribution in [0.3, 0.4) is 0 Å². The van der Waals surface area contributed by atoms with Crippen molar-refractivity contribution in [2.24, 2.45) is 28.9 Å². The Balaban J connectivity index is 2.69. The fourth-order valence-corrected chi connectivity index (χ4v) is 2.83. The van der Waals surface area contributed by atoms with E-state index in [1.807, 2.05) is 20.8 Å². The lowest BCUT2D eigenvalue weighted by Gasteiger charge is -2.38. The SMILES string of the molecule is CC1CCC(C(C)C)C(OC(=O)[C@H](N)C(C)(C)C)C1. The van der Waals surface area contributed by atoms with E-state index in [4.69, 9.17) is 10.5 Å². The molecule has 0 heterocycles. The van der Waals surface area contributed by atoms with Gasteiger partial charge in [0.15, 0.2) is 0 Å². The Kier molecular flexibility index (Phi) is 5.43. The normalized spacial score (nSPS) is 30.2. The smallest absolute Gasteiger partial charge is 0.323 e. The van der Waals surface area contributed by atoms with E-state index in [9.17, 15) is 4.79 Å². The van der Waals surface area contributed by atoms with Crippen LogP contribution < -0.4 is 5.73 Å². The van der Waals surface area contributed by atoms with Crippen LogP contribution in [0.1, 0.15) is 60.8 Å². The monoisotopic (exact) mass is 269 g/mol. The van der Waals surface area contributed by atoms with Crippen molar-refractivity contribution in [1.29, 1.82) is 0 Å². The van der Waals surface area contributed by atoms with E-state index < -0.39 is 6.04 Å². The number of rotatable bonds is 3. The molecule has 19 heavy (non-hydrogen) atoms. The molecule has 3 unspecified atom stereocenters. The molecule has 0 aromatic heterocycles. The number of carbonyl (C=O) groups excluding carboxylic acids is 1. The highest BCUT2D eigenvalue weighted by atomic mass is 16.5. The van der Waals surface area contributed by atoms with Crippen molar-refractivity contribution in [2.45, 2.75) is 73.0 Å². The van der Waals surface area contributed by atoms with Gasteiger partial charge in [-0.2, -0.15) is 0 Å². The first-order valence-electron chi connectivity index (χ1n) is 7.59. The van der Waals surface area contributed by atoms with Crippen LogP contribution >= 0.6 is 0 Å². The summed E-state index contributed by atoms with van der Waals surface area (Å²) in [5.41, 5.74) is 5.75. The number of hydrogen-bond acceptors (Lipinski definition) is 3. The molecule has 0 saturated heterocycles. The molecule has 4 atom stereocenters. The van der Waals surface area contributed by atoms with Crippen molar-refractivity contribution in [3.8, 4) is 0 Å². The van der Waals surface area contributed by atoms with Crippen molar-refractivity contribution in [2.75, 3.05) is 0 Å². The lowest BCUT2D eigenvalue weighted by molar-refractivity contribution is -0.160. The van der Waals surface area contributed by atoms with Gasteiger partial charge in [-0.3, -0.25) is 4.79 Å². The predicted molar refractivity (Wildman–Crippen MR) is 78.7 cm³/mol. The summed E-state index contributed by atoms with van der Waals surface area (Å²) in [5.74, 6) is 1.43. The fourth-order valence-electron chi connectivity index (χ4n) is 2.83. The van der Waals surface area contributed by atoms with Crippen LogP contribution in [0, 0.1) is 23.2 Å². The zero-order valence-electron chi connectivity index (χ0n) is 13.4. The summed E-state index contributed by atoms with van der Waals surface area (Å²) >= 11 is 0. The Hall–Kier alpha value is -0.570. The molecule has 3 nitrogen and oxygen atoms in total. The Morgan fingerprint density at radius 3 is 2.32 bits per heavy atom. The minimum Gasteiger partial charge on any atom is -0.461 e. The van der Waals surface area contributed by atoms with Crippen LogP contribution in [-0.4, -0.2) is 18.1 Å². The molecule has 0 amide bonds. The third-order valence-corrected chi connectivity index (χ3v) is 4.42. The highest BCUT2D eigenvalue weighted by Gasteiger charge is 2.36. The van der Waals surface area contributed by atoms with Gasteiger partial charge in [0, 0.05) is 0 Å². The second-order valence-corrected chi connectivity index (χ2v) is 7.65. The maximum atomic E-state index is 12.2. The van der Waals surface area contributed by atoms with Crippen LogP contribution in [0.5, 0.6) is 0 Å². The first kappa shape index (κ1) is 16.5. The average molecular weight is 269 g/mol. The van der Waals surface area contributed by atoms with E-state index in [0.29, 0.717) is 17.8 Å². The molecule has 0 radical (unpaired) electrons. The maximum absolute atomic E-state index is 12.2. The quantitative estimate of drug-likeness (QED) is 0.799. The molecule has 1 rings (SSSR count). The minimum atomic E-state index is -0.544. The average Bonchev–Trinajstić information content (AvgIpc) is 2.26. The minimum absolute atomic E-state index is 0.0460. The van der Waals surface area contributed by atoms with Gasteiger partial charge in [0.1, 0.15) is 12.1 Å². The van der Waals surface area contributed by atoms with Gasteiger partial charge in [-0.25, -0.2) is 0 Å². The molecule has 112 valence electrons. The van der Waals surface area contributed by atoms with Crippen molar-refractivity contribution >= 4 is 5.97 Å². The Bertz CT molecular complexity index is 306.